The molecule has 0 aromatic heterocycles. The van der Waals surface area contributed by atoms with Gasteiger partial charge in [0.2, 0.25) is 0 Å². The third kappa shape index (κ3) is 5.18. The number of aldehydes is 1. The highest BCUT2D eigenvalue weighted by atomic mass is 16.5. The van der Waals surface area contributed by atoms with E-state index in [2.05, 4.69) is 10.9 Å². The first-order chi connectivity index (χ1) is 9.17. The molecule has 0 saturated carbocycles. The third-order valence-corrected chi connectivity index (χ3v) is 4.32. The molecule has 19 heavy (non-hydrogen) atoms. The number of hydrazine groups is 1. The molecule has 1 fully saturated rings. The molecule has 0 bridgehead atoms. The van der Waals surface area contributed by atoms with Crippen LogP contribution in [0.15, 0.2) is 0 Å². The fraction of sp³-hybridized carbons (Fsp3) is 0.929. The molecule has 1 unspecified atom stereocenters. The van der Waals surface area contributed by atoms with E-state index in [0.717, 1.165) is 51.7 Å². The van der Waals surface area contributed by atoms with Crippen molar-refractivity contribution in [3.8, 4) is 0 Å². The molecule has 112 valence electrons. The normalized spacial score (nSPS) is 21.8. The van der Waals surface area contributed by atoms with Crippen molar-refractivity contribution in [2.24, 2.45) is 17.1 Å². The van der Waals surface area contributed by atoms with Crippen molar-refractivity contribution in [2.75, 3.05) is 26.3 Å². The molecular weight excluding hydrogens is 242 g/mol. The highest BCUT2D eigenvalue weighted by molar-refractivity contribution is 5.54. The van der Waals surface area contributed by atoms with Crippen molar-refractivity contribution in [3.63, 3.8) is 0 Å². The summed E-state index contributed by atoms with van der Waals surface area (Å²) in [6.45, 7) is 7.21. The van der Waals surface area contributed by atoms with Gasteiger partial charge in [-0.3, -0.25) is 10.9 Å². The number of hydrogen-bond donors (Lipinski definition) is 3. The number of ether oxygens (including phenoxy) is 1. The standard InChI is InChI=1S/C14H29N3O2/c1-3-16-17-12(2)13(10-18)4-5-14(11-15)6-8-19-9-7-14/h10,12-13,16-17H,3-9,11,15H2,1-2H3/t12-,13?/m0/s1. The number of hydrogen-bond acceptors (Lipinski definition) is 5. The Kier molecular flexibility index (Phi) is 7.53. The van der Waals surface area contributed by atoms with Crippen LogP contribution in [0.4, 0.5) is 0 Å². The van der Waals surface area contributed by atoms with Gasteiger partial charge in [-0.25, -0.2) is 0 Å². The maximum Gasteiger partial charge on any atom is 0.124 e. The quantitative estimate of drug-likeness (QED) is 0.428. The Hall–Kier alpha value is -0.490. The van der Waals surface area contributed by atoms with Crippen molar-refractivity contribution < 1.29 is 9.53 Å². The summed E-state index contributed by atoms with van der Waals surface area (Å²) in [6.07, 6.45) is 5.00. The van der Waals surface area contributed by atoms with Crippen LogP contribution in [0.5, 0.6) is 0 Å². The Balaban J connectivity index is 2.44. The lowest BCUT2D eigenvalue weighted by Gasteiger charge is -2.37. The van der Waals surface area contributed by atoms with E-state index in [9.17, 15) is 4.79 Å². The molecule has 0 aromatic rings. The van der Waals surface area contributed by atoms with E-state index in [4.69, 9.17) is 10.5 Å². The highest BCUT2D eigenvalue weighted by Gasteiger charge is 2.32. The van der Waals surface area contributed by atoms with Gasteiger partial charge in [-0.05, 0) is 44.6 Å². The molecule has 1 rings (SSSR count). The monoisotopic (exact) mass is 271 g/mol. The summed E-state index contributed by atoms with van der Waals surface area (Å²) < 4.78 is 5.41. The van der Waals surface area contributed by atoms with Gasteiger partial charge < -0.3 is 15.3 Å². The molecule has 0 amide bonds. The van der Waals surface area contributed by atoms with E-state index in [1.807, 2.05) is 13.8 Å². The van der Waals surface area contributed by atoms with Crippen molar-refractivity contribution >= 4 is 6.29 Å². The SMILES string of the molecule is CCNN[C@@H](C)C(C=O)CCC1(CN)CCOCC1. The Morgan fingerprint density at radius 2 is 2.11 bits per heavy atom. The van der Waals surface area contributed by atoms with Crippen molar-refractivity contribution in [1.82, 2.24) is 10.9 Å². The molecule has 0 aromatic carbocycles. The third-order valence-electron chi connectivity index (χ3n) is 4.32. The van der Waals surface area contributed by atoms with Gasteiger partial charge in [-0.2, -0.15) is 0 Å². The molecule has 1 saturated heterocycles. The lowest BCUT2D eigenvalue weighted by atomic mass is 9.74. The predicted molar refractivity (Wildman–Crippen MR) is 76.6 cm³/mol. The fourth-order valence-electron chi connectivity index (χ4n) is 2.64. The Bertz CT molecular complexity index is 255. The van der Waals surface area contributed by atoms with Crippen LogP contribution in [0.1, 0.15) is 39.5 Å². The summed E-state index contributed by atoms with van der Waals surface area (Å²) in [4.78, 5) is 11.3. The summed E-state index contributed by atoms with van der Waals surface area (Å²) in [5, 5.41) is 0. The minimum absolute atomic E-state index is 0.0327. The highest BCUT2D eigenvalue weighted by Crippen LogP contribution is 2.35. The van der Waals surface area contributed by atoms with E-state index in [0.29, 0.717) is 6.54 Å². The maximum atomic E-state index is 11.3. The van der Waals surface area contributed by atoms with Gasteiger partial charge in [0.1, 0.15) is 6.29 Å². The van der Waals surface area contributed by atoms with E-state index in [-0.39, 0.29) is 17.4 Å². The second-order valence-corrected chi connectivity index (χ2v) is 5.62. The summed E-state index contributed by atoms with van der Waals surface area (Å²) in [7, 11) is 0. The Morgan fingerprint density at radius 3 is 2.63 bits per heavy atom. The maximum absolute atomic E-state index is 11.3. The number of carbonyl (C=O) groups is 1. The van der Waals surface area contributed by atoms with E-state index >= 15 is 0 Å². The van der Waals surface area contributed by atoms with E-state index < -0.39 is 0 Å². The zero-order valence-corrected chi connectivity index (χ0v) is 12.3. The molecule has 2 atom stereocenters. The fourth-order valence-corrected chi connectivity index (χ4v) is 2.64. The van der Waals surface area contributed by atoms with Crippen LogP contribution in [0, 0.1) is 11.3 Å². The van der Waals surface area contributed by atoms with Gasteiger partial charge in [-0.15, -0.1) is 0 Å². The first-order valence-electron chi connectivity index (χ1n) is 7.39. The Morgan fingerprint density at radius 1 is 1.42 bits per heavy atom. The molecule has 1 aliphatic rings. The van der Waals surface area contributed by atoms with Crippen LogP contribution in [-0.4, -0.2) is 38.6 Å². The van der Waals surface area contributed by atoms with Gasteiger partial charge in [0, 0.05) is 31.7 Å². The second-order valence-electron chi connectivity index (χ2n) is 5.62. The van der Waals surface area contributed by atoms with Crippen LogP contribution in [-0.2, 0) is 9.53 Å². The molecule has 0 radical (unpaired) electrons. The van der Waals surface area contributed by atoms with Gasteiger partial charge in [0.25, 0.3) is 0 Å². The van der Waals surface area contributed by atoms with Crippen molar-refractivity contribution in [3.05, 3.63) is 0 Å². The van der Waals surface area contributed by atoms with Crippen LogP contribution in [0.3, 0.4) is 0 Å². The van der Waals surface area contributed by atoms with E-state index in [1.165, 1.54) is 0 Å². The smallest absolute Gasteiger partial charge is 0.124 e. The largest absolute Gasteiger partial charge is 0.381 e. The zero-order valence-electron chi connectivity index (χ0n) is 12.3. The van der Waals surface area contributed by atoms with Crippen molar-refractivity contribution in [1.29, 1.82) is 0 Å². The summed E-state index contributed by atoms with van der Waals surface area (Å²) in [6, 6.07) is 0.145. The number of carbonyl (C=O) groups excluding carboxylic acids is 1. The van der Waals surface area contributed by atoms with E-state index in [1.54, 1.807) is 0 Å². The number of nitrogens with one attached hydrogen (secondary N) is 2. The van der Waals surface area contributed by atoms with Crippen molar-refractivity contribution in [2.45, 2.75) is 45.6 Å². The molecule has 5 heteroatoms. The second kappa shape index (κ2) is 8.64. The summed E-state index contributed by atoms with van der Waals surface area (Å²) >= 11 is 0. The molecule has 1 aliphatic heterocycles. The Labute approximate surface area is 116 Å². The summed E-state index contributed by atoms with van der Waals surface area (Å²) in [5.74, 6) is 0.0327. The first kappa shape index (κ1) is 16.6. The topological polar surface area (TPSA) is 76.4 Å². The van der Waals surface area contributed by atoms with Crippen LogP contribution in [0.25, 0.3) is 0 Å². The predicted octanol–water partition coefficient (Wildman–Crippen LogP) is 0.840. The average molecular weight is 271 g/mol. The number of rotatable bonds is 9. The molecule has 5 nitrogen and oxygen atoms in total. The van der Waals surface area contributed by atoms with Gasteiger partial charge in [0.15, 0.2) is 0 Å². The van der Waals surface area contributed by atoms with Crippen LogP contribution < -0.4 is 16.6 Å². The van der Waals surface area contributed by atoms with Crippen LogP contribution in [0.2, 0.25) is 0 Å². The minimum atomic E-state index is 0.0327. The molecule has 0 spiro atoms. The molecule has 4 N–H and O–H groups in total. The van der Waals surface area contributed by atoms with Gasteiger partial charge >= 0.3 is 0 Å². The molecule has 0 aliphatic carbocycles. The van der Waals surface area contributed by atoms with Gasteiger partial charge in [-0.1, -0.05) is 6.92 Å². The zero-order chi connectivity index (χ0) is 14.1. The first-order valence-corrected chi connectivity index (χ1v) is 7.39. The van der Waals surface area contributed by atoms with Gasteiger partial charge in [0.05, 0.1) is 0 Å². The number of nitrogens with two attached hydrogens (primary N) is 1. The minimum Gasteiger partial charge on any atom is -0.381 e. The lowest BCUT2D eigenvalue weighted by molar-refractivity contribution is -0.112. The average Bonchev–Trinajstić information content (AvgIpc) is 2.46. The molecular formula is C14H29N3O2. The van der Waals surface area contributed by atoms with Crippen LogP contribution >= 0.6 is 0 Å². The lowest BCUT2D eigenvalue weighted by Crippen LogP contribution is -2.44. The molecule has 1 heterocycles. The summed E-state index contributed by atoms with van der Waals surface area (Å²) in [5.41, 5.74) is 12.4.